The highest BCUT2D eigenvalue weighted by Crippen LogP contribution is 2.26. The summed E-state index contributed by atoms with van der Waals surface area (Å²) in [6.07, 6.45) is 2.32. The fourth-order valence-corrected chi connectivity index (χ4v) is 2.78. The molecule has 3 heteroatoms. The molecule has 104 valence electrons. The first kappa shape index (κ1) is 16.1. The first-order chi connectivity index (χ1) is 9.21. The zero-order valence-electron chi connectivity index (χ0n) is 12.2. The Morgan fingerprint density at radius 2 is 2.16 bits per heavy atom. The van der Waals surface area contributed by atoms with Gasteiger partial charge in [-0.15, -0.1) is 11.8 Å². The predicted octanol–water partition coefficient (Wildman–Crippen LogP) is 4.20. The Balaban J connectivity index is 2.65. The lowest BCUT2D eigenvalue weighted by Gasteiger charge is -2.10. The predicted molar refractivity (Wildman–Crippen MR) is 83.3 cm³/mol. The van der Waals surface area contributed by atoms with E-state index in [2.05, 4.69) is 44.3 Å². The van der Waals surface area contributed by atoms with Gasteiger partial charge < -0.3 is 5.32 Å². The molecule has 19 heavy (non-hydrogen) atoms. The monoisotopic (exact) mass is 276 g/mol. The second kappa shape index (κ2) is 9.01. The summed E-state index contributed by atoms with van der Waals surface area (Å²) in [5.41, 5.74) is 2.00. The Morgan fingerprint density at radius 1 is 1.37 bits per heavy atom. The van der Waals surface area contributed by atoms with Crippen LogP contribution in [-0.4, -0.2) is 12.3 Å². The summed E-state index contributed by atoms with van der Waals surface area (Å²) >= 11 is 1.80. The van der Waals surface area contributed by atoms with E-state index in [0.29, 0.717) is 5.92 Å². The second-order valence-corrected chi connectivity index (χ2v) is 6.01. The molecule has 0 aliphatic rings. The van der Waals surface area contributed by atoms with Crippen LogP contribution in [0.3, 0.4) is 0 Å². The first-order valence-electron chi connectivity index (χ1n) is 7.07. The molecule has 0 saturated heterocycles. The number of nitrogens with zero attached hydrogens (tertiary/aromatic N) is 1. The summed E-state index contributed by atoms with van der Waals surface area (Å²) in [4.78, 5) is 1.11. The summed E-state index contributed by atoms with van der Waals surface area (Å²) in [5, 5.41) is 12.6. The highest BCUT2D eigenvalue weighted by Gasteiger charge is 2.06. The normalized spacial score (nSPS) is 12.1. The number of benzene rings is 1. The van der Waals surface area contributed by atoms with Crippen LogP contribution >= 0.6 is 11.8 Å². The van der Waals surface area contributed by atoms with E-state index in [1.165, 1.54) is 12.0 Å². The number of nitrogens with one attached hydrogen (secondary N) is 1. The van der Waals surface area contributed by atoms with Crippen LogP contribution in [-0.2, 0) is 6.54 Å². The van der Waals surface area contributed by atoms with E-state index in [1.54, 1.807) is 11.8 Å². The van der Waals surface area contributed by atoms with Crippen molar-refractivity contribution < 1.29 is 0 Å². The van der Waals surface area contributed by atoms with Gasteiger partial charge in [0.05, 0.1) is 5.56 Å². The summed E-state index contributed by atoms with van der Waals surface area (Å²) in [6.45, 7) is 8.48. The molecule has 0 spiro atoms. The Bertz CT molecular complexity index is 423. The number of nitriles is 1. The van der Waals surface area contributed by atoms with Crippen LogP contribution < -0.4 is 5.32 Å². The van der Waals surface area contributed by atoms with Crippen molar-refractivity contribution >= 4 is 11.8 Å². The van der Waals surface area contributed by atoms with Gasteiger partial charge in [0.25, 0.3) is 0 Å². The average molecular weight is 276 g/mol. The molecule has 0 fully saturated rings. The number of thioether (sulfide) groups is 1. The van der Waals surface area contributed by atoms with Crippen LogP contribution in [0.1, 0.15) is 44.7 Å². The lowest BCUT2D eigenvalue weighted by Crippen LogP contribution is -2.13. The molecule has 1 N–H and O–H groups in total. The van der Waals surface area contributed by atoms with E-state index < -0.39 is 0 Å². The third kappa shape index (κ3) is 5.67. The van der Waals surface area contributed by atoms with Crippen LogP contribution in [0.4, 0.5) is 0 Å². The van der Waals surface area contributed by atoms with Crippen molar-refractivity contribution in [1.29, 1.82) is 5.26 Å². The van der Waals surface area contributed by atoms with Gasteiger partial charge in [0.15, 0.2) is 0 Å². The Labute approximate surface area is 121 Å². The standard InChI is InChI=1S/C16H24N2S/c1-4-8-18-11-14-6-7-16(15(9-14)10-17)19-12-13(3)5-2/h6-7,9,13,18H,4-5,8,11-12H2,1-3H3. The van der Waals surface area contributed by atoms with E-state index >= 15 is 0 Å². The van der Waals surface area contributed by atoms with E-state index in [1.807, 2.05) is 6.07 Å². The van der Waals surface area contributed by atoms with Crippen LogP contribution in [0.2, 0.25) is 0 Å². The van der Waals surface area contributed by atoms with Gasteiger partial charge in [0, 0.05) is 17.2 Å². The quantitative estimate of drug-likeness (QED) is 0.571. The van der Waals surface area contributed by atoms with Crippen molar-refractivity contribution in [3.05, 3.63) is 29.3 Å². The van der Waals surface area contributed by atoms with Gasteiger partial charge in [-0.1, -0.05) is 33.3 Å². The van der Waals surface area contributed by atoms with Crippen LogP contribution in [0, 0.1) is 17.2 Å². The minimum Gasteiger partial charge on any atom is -0.313 e. The zero-order chi connectivity index (χ0) is 14.1. The van der Waals surface area contributed by atoms with Gasteiger partial charge in [-0.25, -0.2) is 0 Å². The van der Waals surface area contributed by atoms with E-state index in [-0.39, 0.29) is 0 Å². The third-order valence-corrected chi connectivity index (χ3v) is 4.54. The third-order valence-electron chi connectivity index (χ3n) is 3.14. The highest BCUT2D eigenvalue weighted by atomic mass is 32.2. The molecule has 0 aliphatic carbocycles. The largest absolute Gasteiger partial charge is 0.313 e. The van der Waals surface area contributed by atoms with Crippen molar-refractivity contribution in [2.24, 2.45) is 5.92 Å². The molecule has 0 heterocycles. The minimum atomic E-state index is 0.697. The molecular formula is C16H24N2S. The fourth-order valence-electron chi connectivity index (χ4n) is 1.66. The number of hydrogen-bond acceptors (Lipinski definition) is 3. The second-order valence-electron chi connectivity index (χ2n) is 4.94. The fraction of sp³-hybridized carbons (Fsp3) is 0.562. The maximum absolute atomic E-state index is 9.25. The molecule has 0 bridgehead atoms. The van der Waals surface area contributed by atoms with Crippen molar-refractivity contribution in [1.82, 2.24) is 5.32 Å². The molecule has 1 aromatic rings. The molecule has 1 unspecified atom stereocenters. The first-order valence-corrected chi connectivity index (χ1v) is 8.06. The number of hydrogen-bond donors (Lipinski definition) is 1. The van der Waals surface area contributed by atoms with Gasteiger partial charge >= 0.3 is 0 Å². The van der Waals surface area contributed by atoms with Gasteiger partial charge in [-0.2, -0.15) is 5.26 Å². The molecule has 0 amide bonds. The van der Waals surface area contributed by atoms with E-state index in [0.717, 1.165) is 35.7 Å². The van der Waals surface area contributed by atoms with Crippen molar-refractivity contribution in [3.63, 3.8) is 0 Å². The molecule has 1 rings (SSSR count). The van der Waals surface area contributed by atoms with Crippen LogP contribution in [0.5, 0.6) is 0 Å². The smallest absolute Gasteiger partial charge is 0.100 e. The average Bonchev–Trinajstić information content (AvgIpc) is 2.45. The highest BCUT2D eigenvalue weighted by molar-refractivity contribution is 7.99. The molecule has 0 aromatic heterocycles. The Hall–Kier alpha value is -0.980. The molecule has 1 atom stereocenters. The van der Waals surface area contributed by atoms with Gasteiger partial charge in [-0.3, -0.25) is 0 Å². The maximum Gasteiger partial charge on any atom is 0.100 e. The van der Waals surface area contributed by atoms with Crippen molar-refractivity contribution in [2.75, 3.05) is 12.3 Å². The summed E-state index contributed by atoms with van der Waals surface area (Å²) in [7, 11) is 0. The van der Waals surface area contributed by atoms with Crippen molar-refractivity contribution in [2.45, 2.75) is 45.1 Å². The van der Waals surface area contributed by atoms with E-state index in [4.69, 9.17) is 0 Å². The van der Waals surface area contributed by atoms with Gasteiger partial charge in [0.2, 0.25) is 0 Å². The van der Waals surface area contributed by atoms with Gasteiger partial charge in [-0.05, 0) is 36.6 Å². The van der Waals surface area contributed by atoms with Crippen LogP contribution in [0.25, 0.3) is 0 Å². The Kier molecular flexibility index (Phi) is 7.62. The zero-order valence-corrected chi connectivity index (χ0v) is 13.0. The lowest BCUT2D eigenvalue weighted by atomic mass is 10.1. The topological polar surface area (TPSA) is 35.8 Å². The van der Waals surface area contributed by atoms with Crippen molar-refractivity contribution in [3.8, 4) is 6.07 Å². The molecule has 0 aliphatic heterocycles. The van der Waals surface area contributed by atoms with Gasteiger partial charge in [0.1, 0.15) is 6.07 Å². The number of rotatable bonds is 8. The maximum atomic E-state index is 9.25. The minimum absolute atomic E-state index is 0.697. The molecular weight excluding hydrogens is 252 g/mol. The summed E-state index contributed by atoms with van der Waals surface area (Å²) in [5.74, 6) is 1.78. The van der Waals surface area contributed by atoms with Crippen LogP contribution in [0.15, 0.2) is 23.1 Å². The SMILES string of the molecule is CCCNCc1ccc(SCC(C)CC)c(C#N)c1. The molecule has 1 aromatic carbocycles. The van der Waals surface area contributed by atoms with E-state index in [9.17, 15) is 5.26 Å². The molecule has 0 radical (unpaired) electrons. The Morgan fingerprint density at radius 3 is 2.79 bits per heavy atom. The summed E-state index contributed by atoms with van der Waals surface area (Å²) in [6, 6.07) is 8.55. The molecule has 0 saturated carbocycles. The lowest BCUT2D eigenvalue weighted by molar-refractivity contribution is 0.637. The molecule has 2 nitrogen and oxygen atoms in total. The summed E-state index contributed by atoms with van der Waals surface area (Å²) < 4.78 is 0.